The Morgan fingerprint density at radius 1 is 1.33 bits per heavy atom. The molecule has 98 valence electrons. The second-order valence-corrected chi connectivity index (χ2v) is 4.79. The highest BCUT2D eigenvalue weighted by Crippen LogP contribution is 2.52. The molecule has 0 N–H and O–H groups in total. The van der Waals surface area contributed by atoms with Crippen molar-refractivity contribution in [3.05, 3.63) is 35.4 Å². The summed E-state index contributed by atoms with van der Waals surface area (Å²) < 4.78 is 10.9. The van der Waals surface area contributed by atoms with Gasteiger partial charge in [-0.25, -0.2) is 4.79 Å². The van der Waals surface area contributed by atoms with Crippen molar-refractivity contribution in [3.63, 3.8) is 0 Å². The van der Waals surface area contributed by atoms with Crippen LogP contribution in [0.5, 0.6) is 0 Å². The molecule has 18 heavy (non-hydrogen) atoms. The SMILES string of the molecule is CCCOC(=O)C1(CC)OC1c1ccc(C)cc1. The van der Waals surface area contributed by atoms with Crippen LogP contribution >= 0.6 is 0 Å². The van der Waals surface area contributed by atoms with E-state index in [1.807, 2.05) is 45.0 Å². The molecule has 0 bridgehead atoms. The molecule has 2 rings (SSSR count). The van der Waals surface area contributed by atoms with Crippen molar-refractivity contribution in [2.75, 3.05) is 6.61 Å². The van der Waals surface area contributed by atoms with Crippen molar-refractivity contribution in [3.8, 4) is 0 Å². The fraction of sp³-hybridized carbons (Fsp3) is 0.533. The Morgan fingerprint density at radius 3 is 2.56 bits per heavy atom. The van der Waals surface area contributed by atoms with E-state index in [0.717, 1.165) is 12.0 Å². The Labute approximate surface area is 108 Å². The second kappa shape index (κ2) is 5.11. The summed E-state index contributed by atoms with van der Waals surface area (Å²) in [6.45, 7) is 6.45. The van der Waals surface area contributed by atoms with Gasteiger partial charge >= 0.3 is 5.97 Å². The van der Waals surface area contributed by atoms with Crippen LogP contribution in [-0.4, -0.2) is 18.2 Å². The van der Waals surface area contributed by atoms with Crippen LogP contribution in [0.15, 0.2) is 24.3 Å². The standard InChI is InChI=1S/C15H20O3/c1-4-10-17-14(16)15(5-2)13(18-15)12-8-6-11(3)7-9-12/h6-9,13H,4-5,10H2,1-3H3. The highest BCUT2D eigenvalue weighted by atomic mass is 16.7. The fourth-order valence-corrected chi connectivity index (χ4v) is 2.14. The molecule has 0 saturated carbocycles. The number of hydrogen-bond acceptors (Lipinski definition) is 3. The van der Waals surface area contributed by atoms with Crippen LogP contribution in [0.1, 0.15) is 43.9 Å². The number of carbonyl (C=O) groups excluding carboxylic acids is 1. The maximum Gasteiger partial charge on any atom is 0.341 e. The molecule has 1 aliphatic heterocycles. The van der Waals surface area contributed by atoms with Gasteiger partial charge in [-0.1, -0.05) is 43.7 Å². The van der Waals surface area contributed by atoms with E-state index in [-0.39, 0.29) is 12.1 Å². The summed E-state index contributed by atoms with van der Waals surface area (Å²) in [5.74, 6) is -0.225. The molecular weight excluding hydrogens is 228 g/mol. The zero-order chi connectivity index (χ0) is 13.2. The third kappa shape index (κ3) is 2.27. The summed E-state index contributed by atoms with van der Waals surface area (Å²) in [6, 6.07) is 8.11. The Morgan fingerprint density at radius 2 is 2.00 bits per heavy atom. The first-order chi connectivity index (χ1) is 8.64. The Bertz CT molecular complexity index is 424. The van der Waals surface area contributed by atoms with Crippen molar-refractivity contribution in [2.24, 2.45) is 0 Å². The highest BCUT2D eigenvalue weighted by molar-refractivity contribution is 5.83. The minimum absolute atomic E-state index is 0.146. The van der Waals surface area contributed by atoms with E-state index in [2.05, 4.69) is 0 Å². The second-order valence-electron chi connectivity index (χ2n) is 4.79. The van der Waals surface area contributed by atoms with Crippen LogP contribution in [0, 0.1) is 6.92 Å². The molecule has 0 amide bonds. The van der Waals surface area contributed by atoms with Gasteiger partial charge in [-0.2, -0.15) is 0 Å². The van der Waals surface area contributed by atoms with Crippen molar-refractivity contribution in [1.82, 2.24) is 0 Å². The number of epoxide rings is 1. The summed E-state index contributed by atoms with van der Waals surface area (Å²) >= 11 is 0. The molecule has 0 aliphatic carbocycles. The van der Waals surface area contributed by atoms with Crippen LogP contribution in [0.3, 0.4) is 0 Å². The number of aryl methyl sites for hydroxylation is 1. The van der Waals surface area contributed by atoms with Gasteiger partial charge in [0.15, 0.2) is 5.60 Å². The summed E-state index contributed by atoms with van der Waals surface area (Å²) in [5, 5.41) is 0. The number of carbonyl (C=O) groups is 1. The summed E-state index contributed by atoms with van der Waals surface area (Å²) in [6.07, 6.45) is 1.34. The van der Waals surface area contributed by atoms with Crippen molar-refractivity contribution >= 4 is 5.97 Å². The maximum atomic E-state index is 12.0. The van der Waals surface area contributed by atoms with Gasteiger partial charge in [-0.05, 0) is 25.3 Å². The van der Waals surface area contributed by atoms with Gasteiger partial charge in [-0.15, -0.1) is 0 Å². The lowest BCUT2D eigenvalue weighted by Gasteiger charge is -2.10. The zero-order valence-electron chi connectivity index (χ0n) is 11.2. The molecule has 2 unspecified atom stereocenters. The van der Waals surface area contributed by atoms with Gasteiger partial charge in [-0.3, -0.25) is 0 Å². The summed E-state index contributed by atoms with van der Waals surface area (Å²) in [7, 11) is 0. The minimum atomic E-state index is -0.746. The number of hydrogen-bond donors (Lipinski definition) is 0. The largest absolute Gasteiger partial charge is 0.463 e. The number of rotatable bonds is 5. The van der Waals surface area contributed by atoms with E-state index in [9.17, 15) is 4.79 Å². The first kappa shape index (κ1) is 13.1. The number of esters is 1. The molecule has 0 spiro atoms. The van der Waals surface area contributed by atoms with Crippen molar-refractivity contribution in [1.29, 1.82) is 0 Å². The monoisotopic (exact) mass is 248 g/mol. The average molecular weight is 248 g/mol. The highest BCUT2D eigenvalue weighted by Gasteiger charge is 2.63. The zero-order valence-corrected chi connectivity index (χ0v) is 11.2. The van der Waals surface area contributed by atoms with E-state index >= 15 is 0 Å². The van der Waals surface area contributed by atoms with Gasteiger partial charge in [0.25, 0.3) is 0 Å². The lowest BCUT2D eigenvalue weighted by molar-refractivity contribution is -0.150. The Hall–Kier alpha value is -1.35. The van der Waals surface area contributed by atoms with Crippen LogP contribution < -0.4 is 0 Å². The maximum absolute atomic E-state index is 12.0. The van der Waals surface area contributed by atoms with Crippen LogP contribution in [0.2, 0.25) is 0 Å². The van der Waals surface area contributed by atoms with Crippen LogP contribution in [0.4, 0.5) is 0 Å². The van der Waals surface area contributed by atoms with E-state index in [1.165, 1.54) is 5.56 Å². The summed E-state index contributed by atoms with van der Waals surface area (Å²) in [4.78, 5) is 12.0. The molecule has 1 fully saturated rings. The topological polar surface area (TPSA) is 38.8 Å². The van der Waals surface area contributed by atoms with Crippen LogP contribution in [0.25, 0.3) is 0 Å². The number of ether oxygens (including phenoxy) is 2. The Kier molecular flexibility index (Phi) is 3.71. The van der Waals surface area contributed by atoms with Gasteiger partial charge in [0.1, 0.15) is 6.10 Å². The van der Waals surface area contributed by atoms with Crippen LogP contribution in [-0.2, 0) is 14.3 Å². The predicted octanol–water partition coefficient (Wildman–Crippen LogP) is 3.17. The molecule has 0 aromatic heterocycles. The quantitative estimate of drug-likeness (QED) is 0.593. The lowest BCUT2D eigenvalue weighted by atomic mass is 9.96. The van der Waals surface area contributed by atoms with E-state index in [0.29, 0.717) is 13.0 Å². The summed E-state index contributed by atoms with van der Waals surface area (Å²) in [5.41, 5.74) is 1.51. The molecule has 0 radical (unpaired) electrons. The molecular formula is C15H20O3. The van der Waals surface area contributed by atoms with E-state index in [1.54, 1.807) is 0 Å². The van der Waals surface area contributed by atoms with Gasteiger partial charge < -0.3 is 9.47 Å². The van der Waals surface area contributed by atoms with E-state index in [4.69, 9.17) is 9.47 Å². The molecule has 3 heteroatoms. The first-order valence-electron chi connectivity index (χ1n) is 6.55. The van der Waals surface area contributed by atoms with Gasteiger partial charge in [0.2, 0.25) is 0 Å². The molecule has 1 saturated heterocycles. The van der Waals surface area contributed by atoms with E-state index < -0.39 is 5.60 Å². The van der Waals surface area contributed by atoms with Crippen molar-refractivity contribution in [2.45, 2.75) is 45.3 Å². The first-order valence-corrected chi connectivity index (χ1v) is 6.55. The average Bonchev–Trinajstić information content (AvgIpc) is 3.13. The predicted molar refractivity (Wildman–Crippen MR) is 69.3 cm³/mol. The Balaban J connectivity index is 2.09. The molecule has 1 aromatic carbocycles. The van der Waals surface area contributed by atoms with Gasteiger partial charge in [0.05, 0.1) is 6.61 Å². The fourth-order valence-electron chi connectivity index (χ4n) is 2.14. The molecule has 3 nitrogen and oxygen atoms in total. The molecule has 1 aromatic rings. The lowest BCUT2D eigenvalue weighted by Crippen LogP contribution is -2.27. The third-order valence-electron chi connectivity index (χ3n) is 3.38. The van der Waals surface area contributed by atoms with Gasteiger partial charge in [0, 0.05) is 0 Å². The smallest absolute Gasteiger partial charge is 0.341 e. The van der Waals surface area contributed by atoms with Crippen molar-refractivity contribution < 1.29 is 14.3 Å². The third-order valence-corrected chi connectivity index (χ3v) is 3.38. The normalized spacial score (nSPS) is 25.8. The number of benzene rings is 1. The molecule has 1 heterocycles. The molecule has 1 aliphatic rings. The minimum Gasteiger partial charge on any atom is -0.463 e. The molecule has 2 atom stereocenters.